The van der Waals surface area contributed by atoms with Crippen LogP contribution in [0, 0.1) is 23.2 Å². The summed E-state index contributed by atoms with van der Waals surface area (Å²) in [6.07, 6.45) is 4.13. The predicted octanol–water partition coefficient (Wildman–Crippen LogP) is 3.64. The van der Waals surface area contributed by atoms with E-state index in [1.54, 1.807) is 35.9 Å². The fraction of sp³-hybridized carbons (Fsp3) is 0.261. The SMILES string of the molecule is CC(CCNC(=O)c1ccc(-c2csc(-c3ccncc3)n2)cc1)C(CC#N)C(N)=O. The number of amides is 2. The Morgan fingerprint density at radius 2 is 1.87 bits per heavy atom. The summed E-state index contributed by atoms with van der Waals surface area (Å²) < 4.78 is 0. The Labute approximate surface area is 185 Å². The second-order valence-electron chi connectivity index (χ2n) is 7.24. The molecule has 0 aliphatic rings. The van der Waals surface area contributed by atoms with Crippen LogP contribution in [0.3, 0.4) is 0 Å². The van der Waals surface area contributed by atoms with E-state index < -0.39 is 11.8 Å². The van der Waals surface area contributed by atoms with Crippen molar-refractivity contribution in [2.24, 2.45) is 17.6 Å². The van der Waals surface area contributed by atoms with Gasteiger partial charge < -0.3 is 11.1 Å². The van der Waals surface area contributed by atoms with Gasteiger partial charge in [0.05, 0.1) is 17.7 Å². The van der Waals surface area contributed by atoms with Crippen LogP contribution in [0.1, 0.15) is 30.1 Å². The summed E-state index contributed by atoms with van der Waals surface area (Å²) in [7, 11) is 0. The van der Waals surface area contributed by atoms with Gasteiger partial charge in [0.15, 0.2) is 0 Å². The van der Waals surface area contributed by atoms with Crippen LogP contribution >= 0.6 is 11.3 Å². The van der Waals surface area contributed by atoms with Crippen LogP contribution in [0.25, 0.3) is 21.8 Å². The van der Waals surface area contributed by atoms with E-state index >= 15 is 0 Å². The average molecular weight is 434 g/mol. The van der Waals surface area contributed by atoms with Gasteiger partial charge in [0.1, 0.15) is 5.01 Å². The molecule has 0 aliphatic carbocycles. The maximum atomic E-state index is 12.4. The van der Waals surface area contributed by atoms with E-state index in [1.807, 2.05) is 42.6 Å². The Kier molecular flexibility index (Phi) is 7.46. The number of thiazole rings is 1. The normalized spacial score (nSPS) is 12.5. The fourth-order valence-electron chi connectivity index (χ4n) is 3.22. The number of aromatic nitrogens is 2. The molecule has 0 spiro atoms. The van der Waals surface area contributed by atoms with E-state index in [2.05, 4.69) is 15.3 Å². The molecule has 0 bridgehead atoms. The van der Waals surface area contributed by atoms with Crippen molar-refractivity contribution < 1.29 is 9.59 Å². The van der Waals surface area contributed by atoms with E-state index in [9.17, 15) is 9.59 Å². The highest BCUT2D eigenvalue weighted by molar-refractivity contribution is 7.13. The van der Waals surface area contributed by atoms with Crippen molar-refractivity contribution >= 4 is 23.2 Å². The van der Waals surface area contributed by atoms with Gasteiger partial charge in [0, 0.05) is 47.4 Å². The molecule has 0 fully saturated rings. The van der Waals surface area contributed by atoms with Crippen LogP contribution < -0.4 is 11.1 Å². The molecule has 3 rings (SSSR count). The lowest BCUT2D eigenvalue weighted by Gasteiger charge is -2.18. The molecule has 3 N–H and O–H groups in total. The summed E-state index contributed by atoms with van der Waals surface area (Å²) in [5.74, 6) is -1.26. The van der Waals surface area contributed by atoms with Crippen molar-refractivity contribution in [3.63, 3.8) is 0 Å². The van der Waals surface area contributed by atoms with Gasteiger partial charge in [-0.05, 0) is 36.6 Å². The standard InChI is InChI=1S/C23H23N5O2S/c1-15(19(6-10-24)21(25)29)7-13-27-22(30)17-4-2-16(3-5-17)20-14-31-23(28-20)18-8-11-26-12-9-18/h2-5,8-9,11-12,14-15,19H,6-7,13H2,1H3,(H2,25,29)(H,27,30). The number of rotatable bonds is 9. The Morgan fingerprint density at radius 3 is 2.52 bits per heavy atom. The Morgan fingerprint density at radius 1 is 1.16 bits per heavy atom. The first kappa shape index (κ1) is 22.1. The minimum Gasteiger partial charge on any atom is -0.369 e. The molecule has 3 aromatic rings. The van der Waals surface area contributed by atoms with Crippen molar-refractivity contribution in [2.75, 3.05) is 6.54 Å². The monoisotopic (exact) mass is 433 g/mol. The molecule has 158 valence electrons. The number of pyridine rings is 1. The van der Waals surface area contributed by atoms with Crippen LogP contribution in [-0.4, -0.2) is 28.3 Å². The van der Waals surface area contributed by atoms with Gasteiger partial charge in [0.25, 0.3) is 5.91 Å². The molecule has 8 heteroatoms. The summed E-state index contributed by atoms with van der Waals surface area (Å²) in [4.78, 5) is 32.6. The van der Waals surface area contributed by atoms with Crippen LogP contribution in [0.4, 0.5) is 0 Å². The second-order valence-corrected chi connectivity index (χ2v) is 8.10. The van der Waals surface area contributed by atoms with E-state index in [-0.39, 0.29) is 18.2 Å². The Bertz CT molecular complexity index is 1070. The maximum Gasteiger partial charge on any atom is 0.251 e. The lowest BCUT2D eigenvalue weighted by Crippen LogP contribution is -2.32. The predicted molar refractivity (Wildman–Crippen MR) is 120 cm³/mol. The van der Waals surface area contributed by atoms with Gasteiger partial charge in [-0.3, -0.25) is 14.6 Å². The van der Waals surface area contributed by atoms with Gasteiger partial charge in [0.2, 0.25) is 5.91 Å². The third kappa shape index (κ3) is 5.74. The number of hydrogen-bond acceptors (Lipinski definition) is 6. The second kappa shape index (κ2) is 10.5. The molecule has 0 aliphatic heterocycles. The van der Waals surface area contributed by atoms with Crippen LogP contribution in [0.15, 0.2) is 54.2 Å². The summed E-state index contributed by atoms with van der Waals surface area (Å²) in [5.41, 5.74) is 8.71. The van der Waals surface area contributed by atoms with Crippen molar-refractivity contribution in [1.29, 1.82) is 5.26 Å². The molecule has 0 saturated carbocycles. The number of hydrogen-bond donors (Lipinski definition) is 2. The molecular formula is C23H23N5O2S. The molecule has 2 unspecified atom stereocenters. The zero-order valence-corrected chi connectivity index (χ0v) is 17.9. The van der Waals surface area contributed by atoms with Crippen molar-refractivity contribution in [1.82, 2.24) is 15.3 Å². The maximum absolute atomic E-state index is 12.4. The quantitative estimate of drug-likeness (QED) is 0.533. The topological polar surface area (TPSA) is 122 Å². The molecule has 2 aromatic heterocycles. The molecule has 0 radical (unpaired) electrons. The summed E-state index contributed by atoms with van der Waals surface area (Å²) in [6, 6.07) is 13.1. The molecular weight excluding hydrogens is 410 g/mol. The molecule has 0 saturated heterocycles. The minimum atomic E-state index is -0.503. The van der Waals surface area contributed by atoms with E-state index in [4.69, 9.17) is 11.0 Å². The molecule has 2 amide bonds. The number of carbonyl (C=O) groups is 2. The highest BCUT2D eigenvalue weighted by Crippen LogP contribution is 2.28. The number of nitrogens with zero attached hydrogens (tertiary/aromatic N) is 3. The zero-order chi connectivity index (χ0) is 22.2. The number of nitrogens with two attached hydrogens (primary N) is 1. The van der Waals surface area contributed by atoms with Gasteiger partial charge in [-0.25, -0.2) is 4.98 Å². The largest absolute Gasteiger partial charge is 0.369 e. The van der Waals surface area contributed by atoms with Gasteiger partial charge in [-0.15, -0.1) is 11.3 Å². The number of carbonyl (C=O) groups excluding carboxylic acids is 2. The number of nitriles is 1. The number of nitrogens with one attached hydrogen (secondary N) is 1. The summed E-state index contributed by atoms with van der Waals surface area (Å²) >= 11 is 1.56. The van der Waals surface area contributed by atoms with Crippen LogP contribution in [0.5, 0.6) is 0 Å². The summed E-state index contributed by atoms with van der Waals surface area (Å²) in [5, 5.41) is 14.6. The Hall–Kier alpha value is -3.57. The van der Waals surface area contributed by atoms with E-state index in [1.165, 1.54) is 0 Å². The van der Waals surface area contributed by atoms with Crippen molar-refractivity contribution in [3.8, 4) is 27.9 Å². The highest BCUT2D eigenvalue weighted by Gasteiger charge is 2.22. The van der Waals surface area contributed by atoms with Gasteiger partial charge >= 0.3 is 0 Å². The number of primary amides is 1. The van der Waals surface area contributed by atoms with Gasteiger partial charge in [-0.1, -0.05) is 19.1 Å². The van der Waals surface area contributed by atoms with Crippen molar-refractivity contribution in [3.05, 3.63) is 59.7 Å². The average Bonchev–Trinajstić information content (AvgIpc) is 3.28. The van der Waals surface area contributed by atoms with Gasteiger partial charge in [-0.2, -0.15) is 5.26 Å². The first-order valence-corrected chi connectivity index (χ1v) is 10.8. The molecule has 1 aromatic carbocycles. The van der Waals surface area contributed by atoms with Crippen molar-refractivity contribution in [2.45, 2.75) is 19.8 Å². The lowest BCUT2D eigenvalue weighted by atomic mass is 9.88. The molecule has 7 nitrogen and oxygen atoms in total. The zero-order valence-electron chi connectivity index (χ0n) is 17.1. The fourth-order valence-corrected chi connectivity index (χ4v) is 4.06. The first-order valence-electron chi connectivity index (χ1n) is 9.90. The minimum absolute atomic E-state index is 0.0842. The van der Waals surface area contributed by atoms with E-state index in [0.717, 1.165) is 21.8 Å². The first-order chi connectivity index (χ1) is 15.0. The van der Waals surface area contributed by atoms with E-state index in [0.29, 0.717) is 18.5 Å². The Balaban J connectivity index is 1.56. The smallest absolute Gasteiger partial charge is 0.251 e. The van der Waals surface area contributed by atoms with Crippen LogP contribution in [-0.2, 0) is 4.79 Å². The number of benzene rings is 1. The third-order valence-corrected chi connectivity index (χ3v) is 6.01. The van der Waals surface area contributed by atoms with Crippen LogP contribution in [0.2, 0.25) is 0 Å². The third-order valence-electron chi connectivity index (χ3n) is 5.12. The molecule has 31 heavy (non-hydrogen) atoms. The molecule has 2 atom stereocenters. The molecule has 2 heterocycles. The summed E-state index contributed by atoms with van der Waals surface area (Å²) in [6.45, 7) is 2.26. The highest BCUT2D eigenvalue weighted by atomic mass is 32.1. The lowest BCUT2D eigenvalue weighted by molar-refractivity contribution is -0.123.